The maximum Gasteiger partial charge on any atom is 0.237 e. The molecule has 0 unspecified atom stereocenters. The summed E-state index contributed by atoms with van der Waals surface area (Å²) in [7, 11) is 0. The Kier molecular flexibility index (Phi) is 4.96. The second-order valence-corrected chi connectivity index (χ2v) is 8.93. The number of thiophene rings is 1. The number of thioether (sulfide) groups is 1. The first-order valence-corrected chi connectivity index (χ1v) is 10.7. The second kappa shape index (κ2) is 7.37. The molecule has 1 aliphatic carbocycles. The van der Waals surface area contributed by atoms with Gasteiger partial charge in [-0.25, -0.2) is 9.97 Å². The minimum absolute atomic E-state index is 0.00196. The van der Waals surface area contributed by atoms with Gasteiger partial charge in [0.25, 0.3) is 0 Å². The predicted octanol–water partition coefficient (Wildman–Crippen LogP) is 4.86. The van der Waals surface area contributed by atoms with E-state index in [0.29, 0.717) is 0 Å². The Morgan fingerprint density at radius 3 is 2.85 bits per heavy atom. The molecule has 1 N–H and O–H groups in total. The molecule has 6 heteroatoms. The lowest BCUT2D eigenvalue weighted by atomic mass is 10.1. The standard InChI is InChI=1S/C20H21N3OS2/c1-3-13-7-9-14(10-8-13)23-18(24)12(2)25-19-17-15-5-4-6-16(15)26-20(17)22-11-21-19/h7-12H,3-6H2,1-2H3,(H,23,24)/t12-/m0/s1. The number of fused-ring (bicyclic) bond motifs is 3. The number of hydrogen-bond donors (Lipinski definition) is 1. The summed E-state index contributed by atoms with van der Waals surface area (Å²) in [5.74, 6) is -0.00196. The molecule has 0 saturated heterocycles. The summed E-state index contributed by atoms with van der Waals surface area (Å²) in [5, 5.41) is 4.88. The van der Waals surface area contributed by atoms with E-state index >= 15 is 0 Å². The van der Waals surface area contributed by atoms with Gasteiger partial charge in [0.1, 0.15) is 16.2 Å². The van der Waals surface area contributed by atoms with Crippen molar-refractivity contribution in [2.75, 3.05) is 5.32 Å². The third kappa shape index (κ3) is 3.35. The molecule has 3 aromatic rings. The minimum Gasteiger partial charge on any atom is -0.325 e. The molecule has 4 rings (SSSR count). The Morgan fingerprint density at radius 1 is 1.27 bits per heavy atom. The highest BCUT2D eigenvalue weighted by atomic mass is 32.2. The lowest BCUT2D eigenvalue weighted by Crippen LogP contribution is -2.22. The highest BCUT2D eigenvalue weighted by molar-refractivity contribution is 8.00. The van der Waals surface area contributed by atoms with Gasteiger partial charge in [-0.1, -0.05) is 30.8 Å². The van der Waals surface area contributed by atoms with Crippen LogP contribution in [0.3, 0.4) is 0 Å². The van der Waals surface area contributed by atoms with E-state index < -0.39 is 0 Å². The van der Waals surface area contributed by atoms with Crippen molar-refractivity contribution in [1.82, 2.24) is 9.97 Å². The van der Waals surface area contributed by atoms with Gasteiger partial charge in [0.2, 0.25) is 5.91 Å². The minimum atomic E-state index is -0.226. The van der Waals surface area contributed by atoms with Crippen molar-refractivity contribution in [3.05, 3.63) is 46.6 Å². The molecule has 0 aliphatic heterocycles. The summed E-state index contributed by atoms with van der Waals surface area (Å²) in [6.45, 7) is 4.05. The van der Waals surface area contributed by atoms with Crippen LogP contribution in [0.2, 0.25) is 0 Å². The molecule has 1 aromatic carbocycles. The first-order valence-electron chi connectivity index (χ1n) is 8.97. The maximum atomic E-state index is 12.6. The van der Waals surface area contributed by atoms with Crippen molar-refractivity contribution in [2.45, 2.75) is 49.8 Å². The summed E-state index contributed by atoms with van der Waals surface area (Å²) in [5.41, 5.74) is 3.50. The van der Waals surface area contributed by atoms with Crippen LogP contribution in [0.15, 0.2) is 35.6 Å². The lowest BCUT2D eigenvalue weighted by molar-refractivity contribution is -0.115. The predicted molar refractivity (Wildman–Crippen MR) is 109 cm³/mol. The Morgan fingerprint density at radius 2 is 2.08 bits per heavy atom. The van der Waals surface area contributed by atoms with Crippen molar-refractivity contribution in [1.29, 1.82) is 0 Å². The largest absolute Gasteiger partial charge is 0.325 e. The molecule has 2 aromatic heterocycles. The van der Waals surface area contributed by atoms with Gasteiger partial charge in [-0.15, -0.1) is 11.3 Å². The average Bonchev–Trinajstić information content (AvgIpc) is 3.23. The number of aromatic nitrogens is 2. The fourth-order valence-corrected chi connectivity index (χ4v) is 5.52. The Bertz CT molecular complexity index is 950. The van der Waals surface area contributed by atoms with Crippen molar-refractivity contribution >= 4 is 44.9 Å². The Labute approximate surface area is 161 Å². The molecule has 0 fully saturated rings. The van der Waals surface area contributed by atoms with Gasteiger partial charge in [0, 0.05) is 16.0 Å². The van der Waals surface area contributed by atoms with E-state index in [2.05, 4.69) is 34.3 Å². The molecule has 1 atom stereocenters. The third-order valence-electron chi connectivity index (χ3n) is 4.75. The van der Waals surface area contributed by atoms with Crippen LogP contribution < -0.4 is 5.32 Å². The molecule has 134 valence electrons. The molecule has 0 radical (unpaired) electrons. The van der Waals surface area contributed by atoms with Gasteiger partial charge < -0.3 is 5.32 Å². The lowest BCUT2D eigenvalue weighted by Gasteiger charge is -2.12. The SMILES string of the molecule is CCc1ccc(NC(=O)[C@H](C)Sc2ncnc3sc4c(c23)CCC4)cc1. The van der Waals surface area contributed by atoms with E-state index in [1.807, 2.05) is 19.1 Å². The number of rotatable bonds is 5. The summed E-state index contributed by atoms with van der Waals surface area (Å²) in [4.78, 5) is 24.0. The highest BCUT2D eigenvalue weighted by Gasteiger charge is 2.23. The second-order valence-electron chi connectivity index (χ2n) is 6.52. The number of amides is 1. The number of carbonyl (C=O) groups excluding carboxylic acids is 1. The third-order valence-corrected chi connectivity index (χ3v) is 7.05. The zero-order valence-electron chi connectivity index (χ0n) is 14.9. The number of nitrogens with zero attached hydrogens (tertiary/aromatic N) is 2. The van der Waals surface area contributed by atoms with Crippen molar-refractivity contribution in [3.8, 4) is 0 Å². The number of benzene rings is 1. The van der Waals surface area contributed by atoms with E-state index in [9.17, 15) is 4.79 Å². The Hall–Kier alpha value is -1.92. The van der Waals surface area contributed by atoms with Crippen LogP contribution in [0.5, 0.6) is 0 Å². The molecule has 1 aliphatic rings. The van der Waals surface area contributed by atoms with Crippen LogP contribution in [-0.2, 0) is 24.1 Å². The molecule has 0 bridgehead atoms. The van der Waals surface area contributed by atoms with Gasteiger partial charge in [-0.05, 0) is 55.9 Å². The van der Waals surface area contributed by atoms with Crippen molar-refractivity contribution < 1.29 is 4.79 Å². The normalized spacial score (nSPS) is 14.4. The molecule has 26 heavy (non-hydrogen) atoms. The quantitative estimate of drug-likeness (QED) is 0.505. The topological polar surface area (TPSA) is 54.9 Å². The monoisotopic (exact) mass is 383 g/mol. The fourth-order valence-electron chi connectivity index (χ4n) is 3.28. The molecule has 1 amide bonds. The van der Waals surface area contributed by atoms with Crippen LogP contribution in [0.4, 0.5) is 5.69 Å². The summed E-state index contributed by atoms with van der Waals surface area (Å²) >= 11 is 3.30. The van der Waals surface area contributed by atoms with E-state index in [4.69, 9.17) is 0 Å². The van der Waals surface area contributed by atoms with Crippen LogP contribution in [0.1, 0.15) is 36.3 Å². The van der Waals surface area contributed by atoms with Gasteiger partial charge in [0.15, 0.2) is 0 Å². The smallest absolute Gasteiger partial charge is 0.237 e. The number of aryl methyl sites for hydroxylation is 3. The summed E-state index contributed by atoms with van der Waals surface area (Å²) in [6.07, 6.45) is 6.06. The van der Waals surface area contributed by atoms with Gasteiger partial charge in [0.05, 0.1) is 5.25 Å². The van der Waals surface area contributed by atoms with Crippen LogP contribution in [0.25, 0.3) is 10.2 Å². The van der Waals surface area contributed by atoms with E-state index in [0.717, 1.165) is 34.8 Å². The van der Waals surface area contributed by atoms with Crippen LogP contribution >= 0.6 is 23.1 Å². The molecular weight excluding hydrogens is 362 g/mol. The molecular formula is C20H21N3OS2. The maximum absolute atomic E-state index is 12.6. The number of nitrogens with one attached hydrogen (secondary N) is 1. The van der Waals surface area contributed by atoms with E-state index in [1.54, 1.807) is 17.7 Å². The molecule has 0 spiro atoms. The fraction of sp³-hybridized carbons (Fsp3) is 0.350. The highest BCUT2D eigenvalue weighted by Crippen LogP contribution is 2.40. The van der Waals surface area contributed by atoms with E-state index in [1.165, 1.54) is 39.6 Å². The van der Waals surface area contributed by atoms with Crippen LogP contribution in [-0.4, -0.2) is 21.1 Å². The number of anilines is 1. The van der Waals surface area contributed by atoms with Crippen molar-refractivity contribution in [3.63, 3.8) is 0 Å². The molecule has 4 nitrogen and oxygen atoms in total. The summed E-state index contributed by atoms with van der Waals surface area (Å²) in [6, 6.07) is 8.03. The van der Waals surface area contributed by atoms with Crippen LogP contribution in [0, 0.1) is 0 Å². The van der Waals surface area contributed by atoms with Gasteiger partial charge in [-0.3, -0.25) is 4.79 Å². The average molecular weight is 384 g/mol. The Balaban J connectivity index is 1.51. The molecule has 0 saturated carbocycles. The molecule has 2 heterocycles. The first kappa shape index (κ1) is 17.5. The zero-order valence-corrected chi connectivity index (χ0v) is 16.5. The van der Waals surface area contributed by atoms with Gasteiger partial charge in [-0.2, -0.15) is 0 Å². The van der Waals surface area contributed by atoms with E-state index in [-0.39, 0.29) is 11.2 Å². The zero-order chi connectivity index (χ0) is 18.1. The van der Waals surface area contributed by atoms with Crippen molar-refractivity contribution in [2.24, 2.45) is 0 Å². The van der Waals surface area contributed by atoms with Gasteiger partial charge >= 0.3 is 0 Å². The first-order chi connectivity index (χ1) is 12.7. The summed E-state index contributed by atoms with van der Waals surface area (Å²) < 4.78 is 0. The number of hydrogen-bond acceptors (Lipinski definition) is 5. The number of carbonyl (C=O) groups is 1.